The number of phenols is 2. The number of hydrogen-bond acceptors (Lipinski definition) is 5. The molecule has 1 unspecified atom stereocenters. The lowest BCUT2D eigenvalue weighted by Crippen LogP contribution is -2.08. The van der Waals surface area contributed by atoms with Crippen LogP contribution >= 0.6 is 0 Å². The Balaban J connectivity index is 2.28. The Kier molecular flexibility index (Phi) is 3.98. The molecule has 110 valence electrons. The van der Waals surface area contributed by atoms with Crippen molar-refractivity contribution >= 4 is 11.4 Å². The number of non-ortho nitro benzene ring substituents is 1. The van der Waals surface area contributed by atoms with E-state index >= 15 is 0 Å². The number of nitro groups is 1. The molecule has 0 saturated heterocycles. The summed E-state index contributed by atoms with van der Waals surface area (Å²) in [7, 11) is 0. The van der Waals surface area contributed by atoms with Crippen molar-refractivity contribution in [3.8, 4) is 11.5 Å². The van der Waals surface area contributed by atoms with Gasteiger partial charge < -0.3 is 15.5 Å². The van der Waals surface area contributed by atoms with Gasteiger partial charge in [-0.1, -0.05) is 6.07 Å². The number of benzene rings is 2. The number of nitrogens with one attached hydrogen (secondary N) is 1. The Bertz CT molecular complexity index is 685. The van der Waals surface area contributed by atoms with Crippen LogP contribution in [0.3, 0.4) is 0 Å². The quantitative estimate of drug-likeness (QED) is 0.591. The summed E-state index contributed by atoms with van der Waals surface area (Å²) in [5, 5.41) is 33.1. The molecule has 0 aliphatic carbocycles. The average Bonchev–Trinajstić information content (AvgIpc) is 2.40. The maximum atomic E-state index is 10.8. The van der Waals surface area contributed by atoms with Crippen LogP contribution in [0.2, 0.25) is 0 Å². The van der Waals surface area contributed by atoms with Crippen LogP contribution in [0.4, 0.5) is 11.4 Å². The fourth-order valence-electron chi connectivity index (χ4n) is 2.09. The first-order valence-corrected chi connectivity index (χ1v) is 6.42. The second-order valence-electron chi connectivity index (χ2n) is 4.87. The predicted octanol–water partition coefficient (Wildman–Crippen LogP) is 3.49. The molecule has 6 heteroatoms. The summed E-state index contributed by atoms with van der Waals surface area (Å²) in [6, 6.07) is 8.65. The van der Waals surface area contributed by atoms with E-state index in [1.807, 2.05) is 13.8 Å². The van der Waals surface area contributed by atoms with Gasteiger partial charge in [-0.25, -0.2) is 0 Å². The maximum absolute atomic E-state index is 10.8. The normalized spacial score (nSPS) is 11.9. The van der Waals surface area contributed by atoms with E-state index < -0.39 is 4.92 Å². The number of rotatable bonds is 4. The van der Waals surface area contributed by atoms with Crippen LogP contribution in [0.1, 0.15) is 24.1 Å². The van der Waals surface area contributed by atoms with E-state index in [4.69, 9.17) is 0 Å². The Hall–Kier alpha value is -2.76. The van der Waals surface area contributed by atoms with Crippen LogP contribution in [0.5, 0.6) is 11.5 Å². The zero-order valence-electron chi connectivity index (χ0n) is 11.7. The van der Waals surface area contributed by atoms with Crippen LogP contribution < -0.4 is 5.32 Å². The topological polar surface area (TPSA) is 95.6 Å². The molecule has 2 rings (SSSR count). The van der Waals surface area contributed by atoms with Crippen molar-refractivity contribution in [1.82, 2.24) is 0 Å². The largest absolute Gasteiger partial charge is 0.508 e. The summed E-state index contributed by atoms with van der Waals surface area (Å²) in [6.45, 7) is 3.67. The smallest absolute Gasteiger partial charge is 0.271 e. The molecule has 0 saturated carbocycles. The van der Waals surface area contributed by atoms with E-state index in [1.54, 1.807) is 12.1 Å². The summed E-state index contributed by atoms with van der Waals surface area (Å²) in [5.41, 5.74) is 2.10. The van der Waals surface area contributed by atoms with Gasteiger partial charge in [-0.05, 0) is 31.5 Å². The van der Waals surface area contributed by atoms with Crippen LogP contribution in [0.25, 0.3) is 0 Å². The third-order valence-electron chi connectivity index (χ3n) is 3.28. The van der Waals surface area contributed by atoms with Gasteiger partial charge in [-0.3, -0.25) is 10.1 Å². The van der Waals surface area contributed by atoms with Gasteiger partial charge in [0.15, 0.2) is 0 Å². The van der Waals surface area contributed by atoms with E-state index in [9.17, 15) is 20.3 Å². The summed E-state index contributed by atoms with van der Waals surface area (Å²) >= 11 is 0. The van der Waals surface area contributed by atoms with E-state index in [0.29, 0.717) is 11.3 Å². The molecule has 0 heterocycles. The molecule has 0 spiro atoms. The first-order chi connectivity index (χ1) is 9.88. The SMILES string of the molecule is Cc1ccc([N+](=O)[O-])cc1NC(C)c1ccc(O)cc1O. The summed E-state index contributed by atoms with van der Waals surface area (Å²) in [4.78, 5) is 10.4. The molecule has 2 aromatic carbocycles. The van der Waals surface area contributed by atoms with E-state index in [-0.39, 0.29) is 23.2 Å². The standard InChI is InChI=1S/C15H16N2O4/c1-9-3-4-11(17(20)21)7-14(9)16-10(2)13-6-5-12(18)8-15(13)19/h3-8,10,16,18-19H,1-2H3. The lowest BCUT2D eigenvalue weighted by Gasteiger charge is -2.18. The molecule has 6 nitrogen and oxygen atoms in total. The molecule has 3 N–H and O–H groups in total. The Morgan fingerprint density at radius 2 is 1.90 bits per heavy atom. The predicted molar refractivity (Wildman–Crippen MR) is 79.6 cm³/mol. The number of hydrogen-bond donors (Lipinski definition) is 3. The number of phenolic OH excluding ortho intramolecular Hbond substituents is 2. The fraction of sp³-hybridized carbons (Fsp3) is 0.200. The van der Waals surface area contributed by atoms with Gasteiger partial charge in [0.25, 0.3) is 5.69 Å². The maximum Gasteiger partial charge on any atom is 0.271 e. The number of nitrogens with zero attached hydrogens (tertiary/aromatic N) is 1. The van der Waals surface area contributed by atoms with Gasteiger partial charge in [0, 0.05) is 29.4 Å². The highest BCUT2D eigenvalue weighted by atomic mass is 16.6. The third kappa shape index (κ3) is 3.22. The lowest BCUT2D eigenvalue weighted by atomic mass is 10.1. The monoisotopic (exact) mass is 288 g/mol. The molecule has 0 radical (unpaired) electrons. The Labute approximate surface area is 121 Å². The minimum absolute atomic E-state index is 0.00484. The second kappa shape index (κ2) is 5.70. The van der Waals surface area contributed by atoms with Crippen LogP contribution in [0.15, 0.2) is 36.4 Å². The van der Waals surface area contributed by atoms with Crippen molar-refractivity contribution in [3.63, 3.8) is 0 Å². The Morgan fingerprint density at radius 1 is 1.19 bits per heavy atom. The molecule has 2 aromatic rings. The van der Waals surface area contributed by atoms with Crippen molar-refractivity contribution in [2.24, 2.45) is 0 Å². The zero-order chi connectivity index (χ0) is 15.6. The van der Waals surface area contributed by atoms with Gasteiger partial charge in [0.05, 0.1) is 11.0 Å². The van der Waals surface area contributed by atoms with Crippen LogP contribution in [-0.2, 0) is 0 Å². The summed E-state index contributed by atoms with van der Waals surface area (Å²) in [6.07, 6.45) is 0. The molecule has 0 aliphatic heterocycles. The molecule has 0 fully saturated rings. The molecule has 21 heavy (non-hydrogen) atoms. The first-order valence-electron chi connectivity index (χ1n) is 6.42. The van der Waals surface area contributed by atoms with Gasteiger partial charge in [-0.2, -0.15) is 0 Å². The second-order valence-corrected chi connectivity index (χ2v) is 4.87. The van der Waals surface area contributed by atoms with E-state index in [1.165, 1.54) is 24.3 Å². The van der Waals surface area contributed by atoms with Gasteiger partial charge in [0.2, 0.25) is 0 Å². The lowest BCUT2D eigenvalue weighted by molar-refractivity contribution is -0.384. The molecule has 0 bridgehead atoms. The molecular weight excluding hydrogens is 272 g/mol. The number of aryl methyl sites for hydroxylation is 1. The number of nitro benzene ring substituents is 1. The molecule has 0 aromatic heterocycles. The molecular formula is C15H16N2O4. The zero-order valence-corrected chi connectivity index (χ0v) is 11.7. The van der Waals surface area contributed by atoms with Crippen molar-refractivity contribution < 1.29 is 15.1 Å². The minimum atomic E-state index is -0.451. The third-order valence-corrected chi connectivity index (χ3v) is 3.28. The number of aromatic hydroxyl groups is 2. The fourth-order valence-corrected chi connectivity index (χ4v) is 2.09. The van der Waals surface area contributed by atoms with Crippen molar-refractivity contribution in [2.75, 3.05) is 5.32 Å². The van der Waals surface area contributed by atoms with Crippen LogP contribution in [-0.4, -0.2) is 15.1 Å². The van der Waals surface area contributed by atoms with E-state index in [2.05, 4.69) is 5.32 Å². The molecule has 0 aliphatic rings. The van der Waals surface area contributed by atoms with Gasteiger partial charge in [-0.15, -0.1) is 0 Å². The van der Waals surface area contributed by atoms with Crippen LogP contribution in [0, 0.1) is 17.0 Å². The van der Waals surface area contributed by atoms with Crippen molar-refractivity contribution in [1.29, 1.82) is 0 Å². The summed E-state index contributed by atoms with van der Waals surface area (Å²) < 4.78 is 0. The van der Waals surface area contributed by atoms with E-state index in [0.717, 1.165) is 5.56 Å². The Morgan fingerprint density at radius 3 is 2.52 bits per heavy atom. The molecule has 1 atom stereocenters. The highest BCUT2D eigenvalue weighted by Crippen LogP contribution is 2.31. The van der Waals surface area contributed by atoms with Crippen molar-refractivity contribution in [2.45, 2.75) is 19.9 Å². The summed E-state index contributed by atoms with van der Waals surface area (Å²) in [5.74, 6) is -0.0481. The molecule has 0 amide bonds. The minimum Gasteiger partial charge on any atom is -0.508 e. The number of anilines is 1. The highest BCUT2D eigenvalue weighted by Gasteiger charge is 2.14. The average molecular weight is 288 g/mol. The van der Waals surface area contributed by atoms with Gasteiger partial charge >= 0.3 is 0 Å². The highest BCUT2D eigenvalue weighted by molar-refractivity contribution is 5.58. The van der Waals surface area contributed by atoms with Crippen molar-refractivity contribution in [3.05, 3.63) is 57.6 Å². The first kappa shape index (κ1) is 14.6. The van der Waals surface area contributed by atoms with Gasteiger partial charge in [0.1, 0.15) is 11.5 Å².